The Kier molecular flexibility index (Phi) is 9.31. The van der Waals surface area contributed by atoms with Crippen molar-refractivity contribution in [2.75, 3.05) is 6.54 Å². The van der Waals surface area contributed by atoms with Crippen LogP contribution in [0.2, 0.25) is 0 Å². The van der Waals surface area contributed by atoms with Crippen LogP contribution < -0.4 is 5.09 Å². The van der Waals surface area contributed by atoms with Crippen LogP contribution in [-0.4, -0.2) is 12.6 Å². The first-order valence-electron chi connectivity index (χ1n) is 3.39. The van der Waals surface area contributed by atoms with Gasteiger partial charge in [0, 0.05) is 15.0 Å². The number of rotatable bonds is 6. The first-order chi connectivity index (χ1) is 4.85. The lowest BCUT2D eigenvalue weighted by Gasteiger charge is -2.14. The molecule has 0 amide bonds. The molecule has 62 valence electrons. The monoisotopic (exact) mass is 199 g/mol. The molecule has 5 heteroatoms. The van der Waals surface area contributed by atoms with E-state index in [4.69, 9.17) is 4.52 Å². The third kappa shape index (κ3) is 5.96. The van der Waals surface area contributed by atoms with Crippen LogP contribution in [0, 0.1) is 0 Å². The molecule has 0 aromatic carbocycles. The predicted octanol–water partition coefficient (Wildman–Crippen LogP) is 1.94. The Balaban J connectivity index is 3.30. The summed E-state index contributed by atoms with van der Waals surface area (Å²) in [5.41, 5.74) is 0. The van der Waals surface area contributed by atoms with Gasteiger partial charge in [-0.05, 0) is 6.42 Å². The van der Waals surface area contributed by atoms with Gasteiger partial charge < -0.3 is 4.52 Å². The normalized spacial score (nSPS) is 14.7. The van der Waals surface area contributed by atoms with Crippen LogP contribution >= 0.6 is 26.8 Å². The summed E-state index contributed by atoms with van der Waals surface area (Å²) in [6, 6.07) is 0. The maximum atomic E-state index is 5.44. The first-order valence-corrected chi connectivity index (χ1v) is 6.69. The van der Waals surface area contributed by atoms with Gasteiger partial charge in [-0.1, -0.05) is 31.7 Å². The summed E-state index contributed by atoms with van der Waals surface area (Å²) in [5, 5.41) is 3.02. The Labute approximate surface area is 69.5 Å². The largest absolute Gasteiger partial charge is 0.354 e. The van der Waals surface area contributed by atoms with Crippen molar-refractivity contribution in [3.8, 4) is 0 Å². The molecule has 0 aliphatic heterocycles. The van der Waals surface area contributed by atoms with Crippen molar-refractivity contribution in [2.45, 2.75) is 25.9 Å². The molecule has 0 saturated heterocycles. The number of hydrogen-bond donors (Lipinski definition) is 1. The summed E-state index contributed by atoms with van der Waals surface area (Å²) in [7, 11) is 5.61. The fourth-order valence-corrected chi connectivity index (χ4v) is 1.99. The highest BCUT2D eigenvalue weighted by Gasteiger charge is 2.04. The molecule has 0 aliphatic carbocycles. The second-order valence-electron chi connectivity index (χ2n) is 2.05. The van der Waals surface area contributed by atoms with E-state index < -0.39 is 0 Å². The van der Waals surface area contributed by atoms with Crippen molar-refractivity contribution >= 4 is 26.8 Å². The summed E-state index contributed by atoms with van der Waals surface area (Å²) in [6.07, 6.45) is 2.72. The van der Waals surface area contributed by atoms with Crippen LogP contribution in [0.25, 0.3) is 0 Å². The van der Waals surface area contributed by atoms with Gasteiger partial charge in [0.1, 0.15) is 0 Å². The molecule has 0 rings (SSSR count). The molecule has 0 radical (unpaired) electrons. The molecule has 0 fully saturated rings. The molecule has 0 aromatic rings. The van der Waals surface area contributed by atoms with E-state index in [-0.39, 0.29) is 0 Å². The fraction of sp³-hybridized carbons (Fsp3) is 1.00. The van der Waals surface area contributed by atoms with E-state index >= 15 is 0 Å². The van der Waals surface area contributed by atoms with Gasteiger partial charge in [0.2, 0.25) is 0 Å². The molecule has 0 saturated carbocycles. The van der Waals surface area contributed by atoms with Crippen molar-refractivity contribution in [3.05, 3.63) is 0 Å². The quantitative estimate of drug-likeness (QED) is 0.660. The molecule has 4 atom stereocenters. The molecule has 0 aliphatic rings. The average Bonchev–Trinajstić information content (AvgIpc) is 1.90. The number of hydrogen-bond acceptors (Lipinski definition) is 2. The van der Waals surface area contributed by atoms with Gasteiger partial charge in [0.15, 0.2) is 0 Å². The third-order valence-electron chi connectivity index (χ3n) is 1.19. The van der Waals surface area contributed by atoms with Crippen LogP contribution in [0.3, 0.4) is 0 Å². The molecular weight excluding hydrogens is 183 g/mol. The molecule has 0 bridgehead atoms. The summed E-state index contributed by atoms with van der Waals surface area (Å²) >= 11 is 0. The van der Waals surface area contributed by atoms with E-state index in [0.717, 1.165) is 13.0 Å². The van der Waals surface area contributed by atoms with Gasteiger partial charge in [-0.3, -0.25) is 5.09 Å². The minimum atomic E-state index is 0.387. The Morgan fingerprint density at radius 2 is 2.40 bits per heavy atom. The standard InChI is InChI=1S/C5H16NOP3/c1-2-3-5(4-6-8)7-10-9/h5-6,10H,2-4,8-9H2,1H3/t5-/m0/s1. The van der Waals surface area contributed by atoms with Crippen LogP contribution in [0.1, 0.15) is 19.8 Å². The van der Waals surface area contributed by atoms with Gasteiger partial charge in [0.25, 0.3) is 0 Å². The average molecular weight is 199 g/mol. The Morgan fingerprint density at radius 3 is 2.80 bits per heavy atom. The molecule has 1 N–H and O–H groups in total. The minimum Gasteiger partial charge on any atom is -0.354 e. The van der Waals surface area contributed by atoms with Crippen molar-refractivity contribution in [3.63, 3.8) is 0 Å². The van der Waals surface area contributed by atoms with Crippen molar-refractivity contribution in [1.82, 2.24) is 5.09 Å². The lowest BCUT2D eigenvalue weighted by atomic mass is 10.2. The molecule has 2 nitrogen and oxygen atoms in total. The van der Waals surface area contributed by atoms with Crippen molar-refractivity contribution in [1.29, 1.82) is 0 Å². The predicted molar refractivity (Wildman–Crippen MR) is 55.5 cm³/mol. The van der Waals surface area contributed by atoms with Crippen LogP contribution in [0.4, 0.5) is 0 Å². The second-order valence-corrected chi connectivity index (χ2v) is 3.64. The zero-order valence-corrected chi connectivity index (χ0v) is 9.57. The van der Waals surface area contributed by atoms with Gasteiger partial charge in [0.05, 0.1) is 6.10 Å². The van der Waals surface area contributed by atoms with Gasteiger partial charge in [-0.15, -0.1) is 0 Å². The lowest BCUT2D eigenvalue weighted by molar-refractivity contribution is 0.228. The van der Waals surface area contributed by atoms with Crippen LogP contribution in [-0.2, 0) is 4.52 Å². The summed E-state index contributed by atoms with van der Waals surface area (Å²) in [6.45, 7) is 3.10. The highest BCUT2D eigenvalue weighted by Crippen LogP contribution is 2.25. The highest BCUT2D eigenvalue weighted by atomic mass is 32.0. The Bertz CT molecular complexity index is 59.6. The third-order valence-corrected chi connectivity index (χ3v) is 2.30. The highest BCUT2D eigenvalue weighted by molar-refractivity contribution is 8.00. The minimum absolute atomic E-state index is 0.387. The van der Waals surface area contributed by atoms with Crippen LogP contribution in [0.5, 0.6) is 0 Å². The summed E-state index contributed by atoms with van der Waals surface area (Å²) in [4.78, 5) is 0. The maximum Gasteiger partial charge on any atom is 0.0746 e. The van der Waals surface area contributed by atoms with E-state index in [1.165, 1.54) is 6.42 Å². The summed E-state index contributed by atoms with van der Waals surface area (Å²) < 4.78 is 5.44. The van der Waals surface area contributed by atoms with Gasteiger partial charge in [-0.2, -0.15) is 0 Å². The maximum absolute atomic E-state index is 5.44. The molecule has 10 heavy (non-hydrogen) atoms. The lowest BCUT2D eigenvalue weighted by Crippen LogP contribution is -2.20. The zero-order valence-electron chi connectivity index (χ0n) is 6.26. The van der Waals surface area contributed by atoms with Gasteiger partial charge in [-0.25, -0.2) is 0 Å². The van der Waals surface area contributed by atoms with E-state index in [2.05, 4.69) is 30.3 Å². The SMILES string of the molecule is CCC[C@@H](CNP)OPP. The van der Waals surface area contributed by atoms with Crippen molar-refractivity contribution in [2.24, 2.45) is 0 Å². The van der Waals surface area contributed by atoms with E-state index in [1.54, 1.807) is 0 Å². The van der Waals surface area contributed by atoms with Crippen LogP contribution in [0.15, 0.2) is 0 Å². The smallest absolute Gasteiger partial charge is 0.0746 e. The fourth-order valence-electron chi connectivity index (χ4n) is 0.752. The molecule has 0 aromatic heterocycles. The van der Waals surface area contributed by atoms with E-state index in [9.17, 15) is 0 Å². The van der Waals surface area contributed by atoms with E-state index in [1.807, 2.05) is 0 Å². The zero-order chi connectivity index (χ0) is 7.82. The van der Waals surface area contributed by atoms with Crippen molar-refractivity contribution < 1.29 is 4.52 Å². The Hall–Kier alpha value is 1.21. The molecular formula is C5H16NOP3. The molecule has 0 heterocycles. The first kappa shape index (κ1) is 11.2. The van der Waals surface area contributed by atoms with Gasteiger partial charge >= 0.3 is 0 Å². The summed E-state index contributed by atoms with van der Waals surface area (Å²) in [5.74, 6) is 0. The number of nitrogens with one attached hydrogen (secondary N) is 1. The molecule has 0 spiro atoms. The second kappa shape index (κ2) is 8.31. The molecule has 3 unspecified atom stereocenters. The topological polar surface area (TPSA) is 21.3 Å². The van der Waals surface area contributed by atoms with E-state index in [0.29, 0.717) is 14.6 Å². The Morgan fingerprint density at radius 1 is 1.70 bits per heavy atom.